The number of pyridine rings is 1. The maximum atomic E-state index is 12.4. The van der Waals surface area contributed by atoms with Gasteiger partial charge >= 0.3 is 0 Å². The average Bonchev–Trinajstić information content (AvgIpc) is 3.43. The van der Waals surface area contributed by atoms with Crippen molar-refractivity contribution < 1.29 is 4.79 Å². The molecule has 1 atom stereocenters. The summed E-state index contributed by atoms with van der Waals surface area (Å²) in [6.07, 6.45) is 2.67. The van der Waals surface area contributed by atoms with E-state index in [9.17, 15) is 4.79 Å². The molecule has 4 rings (SSSR count). The molecule has 3 aromatic heterocycles. The van der Waals surface area contributed by atoms with E-state index < -0.39 is 0 Å². The van der Waals surface area contributed by atoms with E-state index in [0.717, 1.165) is 44.4 Å². The van der Waals surface area contributed by atoms with E-state index >= 15 is 0 Å². The molecule has 0 bridgehead atoms. The van der Waals surface area contributed by atoms with Gasteiger partial charge in [0.25, 0.3) is 5.91 Å². The van der Waals surface area contributed by atoms with Crippen molar-refractivity contribution in [3.8, 4) is 10.6 Å². The molecule has 0 aliphatic carbocycles. The van der Waals surface area contributed by atoms with Gasteiger partial charge < -0.3 is 16.0 Å². The molecule has 0 fully saturated rings. The first-order valence-electron chi connectivity index (χ1n) is 10.6. The van der Waals surface area contributed by atoms with Crippen LogP contribution in [0.3, 0.4) is 0 Å². The minimum atomic E-state index is -0.148. The molecule has 0 aliphatic heterocycles. The average molecular weight is 467 g/mol. The summed E-state index contributed by atoms with van der Waals surface area (Å²) in [7, 11) is 0. The Kier molecular flexibility index (Phi) is 6.66. The molecule has 0 saturated carbocycles. The summed E-state index contributed by atoms with van der Waals surface area (Å²) in [5.74, 6) is 0.581. The van der Waals surface area contributed by atoms with Gasteiger partial charge in [0.15, 0.2) is 0 Å². The van der Waals surface area contributed by atoms with Gasteiger partial charge in [0.1, 0.15) is 16.5 Å². The standard InChI is InChI=1S/C23H26N6OS2/c1-5-14(4)27-22(30)19-11-31-23(29-19)16-10-24-21(9-18(16)26-13(2)3)28-15-6-7-17-20(8-15)32-12-25-17/h6-14H,5H2,1-4H3,(H,27,30)(H2,24,26,28). The minimum Gasteiger partial charge on any atom is -0.382 e. The lowest BCUT2D eigenvalue weighted by Gasteiger charge is -2.15. The molecule has 0 spiro atoms. The zero-order valence-electron chi connectivity index (χ0n) is 18.5. The third-order valence-corrected chi connectivity index (χ3v) is 6.58. The van der Waals surface area contributed by atoms with Gasteiger partial charge in [-0.3, -0.25) is 4.79 Å². The van der Waals surface area contributed by atoms with Crippen molar-refractivity contribution in [2.45, 2.75) is 46.2 Å². The monoisotopic (exact) mass is 466 g/mol. The molecule has 9 heteroatoms. The number of carbonyl (C=O) groups excluding carboxylic acids is 1. The lowest BCUT2D eigenvalue weighted by atomic mass is 10.2. The third kappa shape index (κ3) is 5.05. The molecule has 0 saturated heterocycles. The normalized spacial score (nSPS) is 12.2. The number of aromatic nitrogens is 3. The van der Waals surface area contributed by atoms with Crippen LogP contribution in [0.15, 0.2) is 41.4 Å². The van der Waals surface area contributed by atoms with Gasteiger partial charge in [-0.2, -0.15) is 0 Å². The number of thiazole rings is 2. The summed E-state index contributed by atoms with van der Waals surface area (Å²) in [6.45, 7) is 8.19. The number of rotatable bonds is 8. The first-order valence-corrected chi connectivity index (χ1v) is 12.3. The lowest BCUT2D eigenvalue weighted by molar-refractivity contribution is 0.0935. The van der Waals surface area contributed by atoms with Crippen molar-refractivity contribution >= 4 is 56.0 Å². The van der Waals surface area contributed by atoms with E-state index in [1.54, 1.807) is 22.9 Å². The minimum absolute atomic E-state index is 0.113. The maximum absolute atomic E-state index is 12.4. The first-order chi connectivity index (χ1) is 15.4. The van der Waals surface area contributed by atoms with Crippen LogP contribution in [0.5, 0.6) is 0 Å². The fourth-order valence-electron chi connectivity index (χ4n) is 3.11. The van der Waals surface area contributed by atoms with E-state index in [2.05, 4.69) is 50.8 Å². The first kappa shape index (κ1) is 22.2. The van der Waals surface area contributed by atoms with E-state index in [0.29, 0.717) is 5.69 Å². The summed E-state index contributed by atoms with van der Waals surface area (Å²) in [5.41, 5.74) is 6.01. The number of amides is 1. The maximum Gasteiger partial charge on any atom is 0.270 e. The number of hydrogen-bond acceptors (Lipinski definition) is 8. The molecule has 32 heavy (non-hydrogen) atoms. The van der Waals surface area contributed by atoms with Crippen molar-refractivity contribution in [3.63, 3.8) is 0 Å². The largest absolute Gasteiger partial charge is 0.382 e. The van der Waals surface area contributed by atoms with Crippen molar-refractivity contribution in [2.24, 2.45) is 0 Å². The fraction of sp³-hybridized carbons (Fsp3) is 0.304. The Morgan fingerprint density at radius 2 is 1.97 bits per heavy atom. The predicted molar refractivity (Wildman–Crippen MR) is 134 cm³/mol. The number of carbonyl (C=O) groups is 1. The topological polar surface area (TPSA) is 91.8 Å². The molecule has 1 amide bonds. The van der Waals surface area contributed by atoms with Gasteiger partial charge in [0, 0.05) is 41.1 Å². The highest BCUT2D eigenvalue weighted by Crippen LogP contribution is 2.33. The van der Waals surface area contributed by atoms with Crippen LogP contribution < -0.4 is 16.0 Å². The van der Waals surface area contributed by atoms with E-state index in [4.69, 9.17) is 0 Å². The number of nitrogens with zero attached hydrogens (tertiary/aromatic N) is 3. The van der Waals surface area contributed by atoms with Gasteiger partial charge in [0.05, 0.1) is 21.3 Å². The van der Waals surface area contributed by atoms with E-state index in [-0.39, 0.29) is 18.0 Å². The molecule has 1 unspecified atom stereocenters. The van der Waals surface area contributed by atoms with Gasteiger partial charge in [-0.1, -0.05) is 6.92 Å². The zero-order valence-corrected chi connectivity index (χ0v) is 20.1. The number of hydrogen-bond donors (Lipinski definition) is 3. The molecule has 166 valence electrons. The SMILES string of the molecule is CCC(C)NC(=O)c1csc(-c2cnc(Nc3ccc4ncsc4c3)cc2NC(C)C)n1. The summed E-state index contributed by atoms with van der Waals surface area (Å²) >= 11 is 3.05. The molecule has 4 aromatic rings. The summed E-state index contributed by atoms with van der Waals surface area (Å²) in [4.78, 5) is 25.9. The highest BCUT2D eigenvalue weighted by molar-refractivity contribution is 7.16. The van der Waals surface area contributed by atoms with E-state index in [1.807, 2.05) is 37.6 Å². The zero-order chi connectivity index (χ0) is 22.7. The van der Waals surface area contributed by atoms with Crippen molar-refractivity contribution in [1.29, 1.82) is 0 Å². The third-order valence-electron chi connectivity index (χ3n) is 4.91. The number of benzene rings is 1. The predicted octanol–water partition coefficient (Wildman–Crippen LogP) is 5.91. The second-order valence-corrected chi connectivity index (χ2v) is 9.64. The van der Waals surface area contributed by atoms with Crippen LogP contribution in [-0.2, 0) is 0 Å². The van der Waals surface area contributed by atoms with E-state index in [1.165, 1.54) is 11.3 Å². The number of fused-ring (bicyclic) bond motifs is 1. The summed E-state index contributed by atoms with van der Waals surface area (Å²) in [6, 6.07) is 8.38. The Hall–Kier alpha value is -3.04. The van der Waals surface area contributed by atoms with Crippen molar-refractivity contribution in [3.05, 3.63) is 47.0 Å². The van der Waals surface area contributed by atoms with Crippen molar-refractivity contribution in [1.82, 2.24) is 20.3 Å². The second-order valence-electron chi connectivity index (χ2n) is 7.89. The Bertz CT molecular complexity index is 1230. The van der Waals surface area contributed by atoms with Crippen LogP contribution >= 0.6 is 22.7 Å². The van der Waals surface area contributed by atoms with Crippen LogP contribution in [0.25, 0.3) is 20.8 Å². The molecular weight excluding hydrogens is 440 g/mol. The van der Waals surface area contributed by atoms with Gasteiger partial charge in [-0.25, -0.2) is 15.0 Å². The molecule has 3 heterocycles. The summed E-state index contributed by atoms with van der Waals surface area (Å²) < 4.78 is 1.12. The smallest absolute Gasteiger partial charge is 0.270 e. The lowest BCUT2D eigenvalue weighted by Crippen LogP contribution is -2.32. The van der Waals surface area contributed by atoms with Crippen LogP contribution in [0.4, 0.5) is 17.2 Å². The quantitative estimate of drug-likeness (QED) is 0.299. The van der Waals surface area contributed by atoms with Crippen molar-refractivity contribution in [2.75, 3.05) is 10.6 Å². The molecule has 3 N–H and O–H groups in total. The second kappa shape index (κ2) is 9.62. The Morgan fingerprint density at radius 3 is 2.75 bits per heavy atom. The summed E-state index contributed by atoms with van der Waals surface area (Å²) in [5, 5.41) is 12.4. The number of nitrogens with one attached hydrogen (secondary N) is 3. The Labute approximate surface area is 195 Å². The Balaban J connectivity index is 1.60. The fourth-order valence-corrected chi connectivity index (χ4v) is 4.65. The highest BCUT2D eigenvalue weighted by atomic mass is 32.1. The van der Waals surface area contributed by atoms with Crippen LogP contribution in [0.2, 0.25) is 0 Å². The molecule has 7 nitrogen and oxygen atoms in total. The van der Waals surface area contributed by atoms with Gasteiger partial charge in [0.2, 0.25) is 0 Å². The highest BCUT2D eigenvalue weighted by Gasteiger charge is 2.17. The van der Waals surface area contributed by atoms with Crippen LogP contribution in [0, 0.1) is 0 Å². The molecule has 0 radical (unpaired) electrons. The van der Waals surface area contributed by atoms with Crippen LogP contribution in [-0.4, -0.2) is 32.9 Å². The molecular formula is C23H26N6OS2. The number of anilines is 3. The van der Waals surface area contributed by atoms with Gasteiger partial charge in [-0.05, 0) is 45.4 Å². The molecule has 0 aliphatic rings. The van der Waals surface area contributed by atoms with Gasteiger partial charge in [-0.15, -0.1) is 22.7 Å². The Morgan fingerprint density at radius 1 is 1.12 bits per heavy atom. The molecule has 1 aromatic carbocycles. The van der Waals surface area contributed by atoms with Crippen LogP contribution in [0.1, 0.15) is 44.6 Å².